The third-order valence-electron chi connectivity index (χ3n) is 2.63. The van der Waals surface area contributed by atoms with E-state index in [1.807, 2.05) is 0 Å². The number of aromatic carboxylic acids is 1. The average Bonchev–Trinajstić information content (AvgIpc) is 2.17. The van der Waals surface area contributed by atoms with Crippen LogP contribution in [0.25, 0.3) is 0 Å². The second-order valence-electron chi connectivity index (χ2n) is 3.51. The van der Waals surface area contributed by atoms with Crippen molar-refractivity contribution in [2.75, 3.05) is 0 Å². The van der Waals surface area contributed by atoms with Gasteiger partial charge in [-0.05, 0) is 36.8 Å². The lowest BCUT2D eigenvalue weighted by molar-refractivity contribution is 0.0693. The number of H-pyrrole nitrogens is 1. The van der Waals surface area contributed by atoms with Gasteiger partial charge in [-0.15, -0.1) is 0 Å². The number of pyridine rings is 1. The molecule has 0 aliphatic heterocycles. The zero-order valence-electron chi connectivity index (χ0n) is 7.67. The Bertz CT molecular complexity index is 433. The molecule has 14 heavy (non-hydrogen) atoms. The molecule has 0 radical (unpaired) electrons. The van der Waals surface area contributed by atoms with Crippen molar-refractivity contribution in [2.24, 2.45) is 0 Å². The van der Waals surface area contributed by atoms with Crippen LogP contribution < -0.4 is 5.56 Å². The zero-order chi connectivity index (χ0) is 10.1. The van der Waals surface area contributed by atoms with Crippen molar-refractivity contribution in [3.8, 4) is 0 Å². The Kier molecular flexibility index (Phi) is 2.11. The van der Waals surface area contributed by atoms with Crippen LogP contribution in [0, 0.1) is 0 Å². The Morgan fingerprint density at radius 2 is 2.07 bits per heavy atom. The molecule has 0 fully saturated rings. The highest BCUT2D eigenvalue weighted by Gasteiger charge is 2.20. The van der Waals surface area contributed by atoms with Crippen molar-refractivity contribution in [3.05, 3.63) is 33.2 Å². The first-order valence-corrected chi connectivity index (χ1v) is 4.67. The Labute approximate surface area is 80.6 Å². The van der Waals surface area contributed by atoms with Crippen molar-refractivity contribution in [3.63, 3.8) is 0 Å². The maximum absolute atomic E-state index is 11.3. The van der Waals surface area contributed by atoms with Crippen LogP contribution >= 0.6 is 0 Å². The van der Waals surface area contributed by atoms with Crippen LogP contribution in [0.5, 0.6) is 0 Å². The molecule has 1 aromatic heterocycles. The molecule has 74 valence electrons. The maximum Gasteiger partial charge on any atom is 0.341 e. The number of nitrogens with one attached hydrogen (secondary N) is 1. The fourth-order valence-electron chi connectivity index (χ4n) is 1.96. The van der Waals surface area contributed by atoms with Crippen LogP contribution in [-0.4, -0.2) is 16.1 Å². The average molecular weight is 193 g/mol. The molecule has 1 aromatic rings. The van der Waals surface area contributed by atoms with Crippen molar-refractivity contribution in [2.45, 2.75) is 25.7 Å². The van der Waals surface area contributed by atoms with E-state index in [9.17, 15) is 9.59 Å². The standard InChI is InChI=1S/C10H11NO3/c12-9-8(10(13)14)7-4-2-1-3-6(7)5-11-9/h5H,1-4H2,(H,11,12)(H,13,14). The van der Waals surface area contributed by atoms with E-state index in [0.29, 0.717) is 6.42 Å². The lowest BCUT2D eigenvalue weighted by Gasteiger charge is -2.16. The first-order valence-electron chi connectivity index (χ1n) is 4.67. The van der Waals surface area contributed by atoms with Crippen LogP contribution in [0.2, 0.25) is 0 Å². The minimum absolute atomic E-state index is 0.0674. The van der Waals surface area contributed by atoms with Gasteiger partial charge in [0.05, 0.1) is 0 Å². The molecule has 0 saturated carbocycles. The predicted octanol–water partition coefficient (Wildman–Crippen LogP) is 0.952. The summed E-state index contributed by atoms with van der Waals surface area (Å²) in [5.41, 5.74) is 1.15. The molecule has 0 spiro atoms. The van der Waals surface area contributed by atoms with Crippen molar-refractivity contribution in [1.82, 2.24) is 4.98 Å². The number of rotatable bonds is 1. The number of carbonyl (C=O) groups is 1. The molecule has 0 amide bonds. The molecule has 2 rings (SSSR count). The molecular weight excluding hydrogens is 182 g/mol. The van der Waals surface area contributed by atoms with E-state index in [1.54, 1.807) is 6.20 Å². The topological polar surface area (TPSA) is 70.2 Å². The van der Waals surface area contributed by atoms with Crippen LogP contribution in [0.1, 0.15) is 34.3 Å². The van der Waals surface area contributed by atoms with Crippen LogP contribution in [0.4, 0.5) is 0 Å². The first kappa shape index (κ1) is 8.99. The number of aromatic amines is 1. The van der Waals surface area contributed by atoms with Crippen LogP contribution in [-0.2, 0) is 12.8 Å². The smallest absolute Gasteiger partial charge is 0.341 e. The molecule has 1 heterocycles. The van der Waals surface area contributed by atoms with Gasteiger partial charge < -0.3 is 10.1 Å². The van der Waals surface area contributed by atoms with E-state index in [1.165, 1.54) is 0 Å². The Hall–Kier alpha value is -1.58. The fraction of sp³-hybridized carbons (Fsp3) is 0.400. The molecule has 1 aliphatic carbocycles. The third kappa shape index (κ3) is 1.32. The van der Waals surface area contributed by atoms with E-state index >= 15 is 0 Å². The van der Waals surface area contributed by atoms with Crippen LogP contribution in [0.15, 0.2) is 11.0 Å². The summed E-state index contributed by atoms with van der Waals surface area (Å²) in [5.74, 6) is -1.12. The van der Waals surface area contributed by atoms with Gasteiger partial charge in [-0.2, -0.15) is 0 Å². The van der Waals surface area contributed by atoms with Crippen molar-refractivity contribution >= 4 is 5.97 Å². The van der Waals surface area contributed by atoms with Crippen molar-refractivity contribution < 1.29 is 9.90 Å². The second kappa shape index (κ2) is 3.29. The number of aromatic nitrogens is 1. The zero-order valence-corrected chi connectivity index (χ0v) is 7.67. The van der Waals surface area contributed by atoms with E-state index in [-0.39, 0.29) is 5.56 Å². The number of aryl methyl sites for hydroxylation is 1. The fourth-order valence-corrected chi connectivity index (χ4v) is 1.96. The molecule has 4 nitrogen and oxygen atoms in total. The Morgan fingerprint density at radius 3 is 2.79 bits per heavy atom. The molecule has 0 unspecified atom stereocenters. The molecule has 0 atom stereocenters. The normalized spacial score (nSPS) is 14.9. The van der Waals surface area contributed by atoms with E-state index in [2.05, 4.69) is 4.98 Å². The second-order valence-corrected chi connectivity index (χ2v) is 3.51. The van der Waals surface area contributed by atoms with E-state index < -0.39 is 11.5 Å². The predicted molar refractivity (Wildman–Crippen MR) is 50.7 cm³/mol. The maximum atomic E-state index is 11.3. The summed E-state index contributed by atoms with van der Waals surface area (Å²) >= 11 is 0. The highest BCUT2D eigenvalue weighted by atomic mass is 16.4. The number of carboxylic acids is 1. The van der Waals surface area contributed by atoms with E-state index in [4.69, 9.17) is 5.11 Å². The van der Waals surface area contributed by atoms with Crippen molar-refractivity contribution in [1.29, 1.82) is 0 Å². The van der Waals surface area contributed by atoms with Gasteiger partial charge in [0, 0.05) is 6.20 Å². The van der Waals surface area contributed by atoms with Crippen LogP contribution in [0.3, 0.4) is 0 Å². The van der Waals surface area contributed by atoms with E-state index in [0.717, 1.165) is 30.4 Å². The molecular formula is C10H11NO3. The summed E-state index contributed by atoms with van der Waals surface area (Å²) < 4.78 is 0. The molecule has 0 saturated heterocycles. The number of carboxylic acid groups (broad SMARTS) is 1. The SMILES string of the molecule is O=C(O)c1c2c(c[nH]c1=O)CCCC2. The first-order chi connectivity index (χ1) is 6.70. The Morgan fingerprint density at radius 1 is 1.36 bits per heavy atom. The minimum Gasteiger partial charge on any atom is -0.477 e. The number of fused-ring (bicyclic) bond motifs is 1. The summed E-state index contributed by atoms with van der Waals surface area (Å²) in [6, 6.07) is 0. The molecule has 2 N–H and O–H groups in total. The van der Waals surface area contributed by atoms with Gasteiger partial charge in [0.2, 0.25) is 0 Å². The summed E-state index contributed by atoms with van der Waals surface area (Å²) in [6.45, 7) is 0. The lowest BCUT2D eigenvalue weighted by Crippen LogP contribution is -2.23. The molecule has 0 aromatic carbocycles. The monoisotopic (exact) mass is 193 g/mol. The molecule has 1 aliphatic rings. The van der Waals surface area contributed by atoms with Gasteiger partial charge in [-0.3, -0.25) is 4.79 Å². The van der Waals surface area contributed by atoms with Gasteiger partial charge in [0.1, 0.15) is 5.56 Å². The highest BCUT2D eigenvalue weighted by molar-refractivity contribution is 5.89. The lowest BCUT2D eigenvalue weighted by atomic mass is 9.90. The van der Waals surface area contributed by atoms with Gasteiger partial charge in [-0.25, -0.2) is 4.79 Å². The number of hydrogen-bond donors (Lipinski definition) is 2. The van der Waals surface area contributed by atoms with Gasteiger partial charge >= 0.3 is 5.97 Å². The summed E-state index contributed by atoms with van der Waals surface area (Å²) in [6.07, 6.45) is 5.26. The minimum atomic E-state index is -1.12. The Balaban J connectivity index is 2.67. The highest BCUT2D eigenvalue weighted by Crippen LogP contribution is 2.21. The van der Waals surface area contributed by atoms with Gasteiger partial charge in [0.15, 0.2) is 0 Å². The molecule has 0 bridgehead atoms. The molecule has 4 heteroatoms. The summed E-state index contributed by atoms with van der Waals surface area (Å²) in [5, 5.41) is 8.90. The largest absolute Gasteiger partial charge is 0.477 e. The van der Waals surface area contributed by atoms with Gasteiger partial charge in [0.25, 0.3) is 5.56 Å². The summed E-state index contributed by atoms with van der Waals surface area (Å²) in [4.78, 5) is 24.6. The van der Waals surface area contributed by atoms with Gasteiger partial charge in [-0.1, -0.05) is 0 Å². The summed E-state index contributed by atoms with van der Waals surface area (Å²) in [7, 11) is 0. The third-order valence-corrected chi connectivity index (χ3v) is 2.63. The quantitative estimate of drug-likeness (QED) is 0.697. The number of hydrogen-bond acceptors (Lipinski definition) is 2.